The molecule has 1 atom stereocenters. The molecule has 288 valence electrons. The van der Waals surface area contributed by atoms with Crippen molar-refractivity contribution in [3.05, 3.63) is 87.2 Å². The van der Waals surface area contributed by atoms with Gasteiger partial charge in [-0.05, 0) is 118 Å². The van der Waals surface area contributed by atoms with E-state index in [1.54, 1.807) is 35.9 Å². The summed E-state index contributed by atoms with van der Waals surface area (Å²) in [6.07, 6.45) is 3.65. The molecule has 3 aromatic heterocycles. The monoisotopic (exact) mass is 776 g/mol. The quantitative estimate of drug-likeness (QED) is 0.178. The van der Waals surface area contributed by atoms with Gasteiger partial charge in [-0.15, -0.1) is 0 Å². The van der Waals surface area contributed by atoms with Gasteiger partial charge in [0.25, 0.3) is 5.91 Å². The highest BCUT2D eigenvalue weighted by Crippen LogP contribution is 2.40. The maximum absolute atomic E-state index is 13.5. The molecule has 3 aliphatic rings. The van der Waals surface area contributed by atoms with Crippen molar-refractivity contribution < 1.29 is 27.6 Å². The van der Waals surface area contributed by atoms with E-state index in [0.29, 0.717) is 22.1 Å². The molecule has 3 amide bonds. The van der Waals surface area contributed by atoms with E-state index in [0.717, 1.165) is 92.3 Å². The van der Waals surface area contributed by atoms with Crippen LogP contribution in [-0.4, -0.2) is 66.2 Å². The first-order valence-electron chi connectivity index (χ1n) is 18.6. The zero-order valence-electron chi connectivity index (χ0n) is 30.1. The van der Waals surface area contributed by atoms with Crippen LogP contribution in [0.15, 0.2) is 59.5 Å². The average Bonchev–Trinajstić information content (AvgIpc) is 3.70. The topological polar surface area (TPSA) is 136 Å². The number of amides is 3. The third kappa shape index (κ3) is 7.27. The van der Waals surface area contributed by atoms with Crippen molar-refractivity contribution in [1.29, 1.82) is 0 Å². The zero-order valence-corrected chi connectivity index (χ0v) is 30.9. The lowest BCUT2D eigenvalue weighted by Gasteiger charge is -2.37. The number of likely N-dealkylation sites (tertiary alicyclic amines) is 1. The lowest BCUT2D eigenvalue weighted by atomic mass is 9.84. The number of aromatic nitrogens is 5. The molecule has 8 rings (SSSR count). The van der Waals surface area contributed by atoms with Crippen molar-refractivity contribution in [1.82, 2.24) is 34.1 Å². The Bertz CT molecular complexity index is 2370. The van der Waals surface area contributed by atoms with Gasteiger partial charge in [0.2, 0.25) is 11.8 Å². The lowest BCUT2D eigenvalue weighted by molar-refractivity contribution is -0.141. The first-order chi connectivity index (χ1) is 26.3. The molecular weight excluding hydrogens is 737 g/mol. The summed E-state index contributed by atoms with van der Waals surface area (Å²) in [6, 6.07) is 11.6. The van der Waals surface area contributed by atoms with Crippen LogP contribution in [0.2, 0.25) is 5.02 Å². The van der Waals surface area contributed by atoms with Crippen molar-refractivity contribution in [3.63, 3.8) is 0 Å². The third-order valence-corrected chi connectivity index (χ3v) is 11.8. The molecule has 16 heteroatoms. The minimum absolute atomic E-state index is 0.159. The van der Waals surface area contributed by atoms with Gasteiger partial charge in [0.1, 0.15) is 17.4 Å². The van der Waals surface area contributed by atoms with E-state index in [4.69, 9.17) is 16.7 Å². The number of halogens is 4. The normalized spacial score (nSPS) is 21.7. The molecule has 3 fully saturated rings. The summed E-state index contributed by atoms with van der Waals surface area (Å²) >= 11 is 6.83. The fourth-order valence-electron chi connectivity index (χ4n) is 8.68. The van der Waals surface area contributed by atoms with Gasteiger partial charge in [0.05, 0.1) is 22.6 Å². The molecule has 5 heterocycles. The van der Waals surface area contributed by atoms with Crippen LogP contribution in [0.4, 0.5) is 18.9 Å². The summed E-state index contributed by atoms with van der Waals surface area (Å²) in [5, 5.41) is 11.2. The summed E-state index contributed by atoms with van der Waals surface area (Å²) in [6.45, 7) is 2.82. The van der Waals surface area contributed by atoms with Crippen LogP contribution in [0.5, 0.6) is 0 Å². The highest BCUT2D eigenvalue weighted by atomic mass is 35.5. The standard InChI is InChI=1S/C39H40ClF3N8O4/c1-48-35-30(51(38(48)55)31-13-14-33(52)46-37(31)54)12-10-27(40)34(35)23-15-17-49(18-16-23)20-22-5-8-26(9-6-22)50-21-24-19-25(7-11-28(24)47-50)44-36(53)29-3-2-4-32(45-29)39(41,42)43/h2-4,7,10-12,19,21-23,26,31H,5-6,8-9,13-18,20H2,1H3,(H,44,53)(H,46,52,54)/t22-,26-,31?. The number of imidazole rings is 1. The van der Waals surface area contributed by atoms with Crippen molar-refractivity contribution in [2.45, 2.75) is 75.5 Å². The first-order valence-corrected chi connectivity index (χ1v) is 19.0. The van der Waals surface area contributed by atoms with E-state index in [2.05, 4.69) is 20.5 Å². The van der Waals surface area contributed by atoms with Crippen LogP contribution in [-0.2, 0) is 22.8 Å². The number of piperidine rings is 2. The number of hydrogen-bond donors (Lipinski definition) is 2. The van der Waals surface area contributed by atoms with E-state index in [-0.39, 0.29) is 42.1 Å². The third-order valence-electron chi connectivity index (χ3n) is 11.5. The molecule has 2 aromatic carbocycles. The Kier molecular flexibility index (Phi) is 9.78. The van der Waals surface area contributed by atoms with Crippen LogP contribution in [0.1, 0.15) is 91.1 Å². The Morgan fingerprint density at radius 1 is 0.982 bits per heavy atom. The van der Waals surface area contributed by atoms with Gasteiger partial charge in [-0.3, -0.25) is 33.5 Å². The number of carbonyl (C=O) groups is 3. The van der Waals surface area contributed by atoms with Gasteiger partial charge in [-0.25, -0.2) is 9.78 Å². The number of aryl methyl sites for hydroxylation is 1. The Morgan fingerprint density at radius 3 is 2.47 bits per heavy atom. The molecular formula is C39H40ClF3N8O4. The number of nitrogens with zero attached hydrogens (tertiary/aromatic N) is 6. The summed E-state index contributed by atoms with van der Waals surface area (Å²) in [7, 11) is 1.72. The molecule has 55 heavy (non-hydrogen) atoms. The van der Waals surface area contributed by atoms with Gasteiger partial charge >= 0.3 is 11.9 Å². The average molecular weight is 777 g/mol. The first kappa shape index (κ1) is 36.9. The molecule has 2 N–H and O–H groups in total. The van der Waals surface area contributed by atoms with Crippen molar-refractivity contribution in [3.8, 4) is 0 Å². The fraction of sp³-hybridized carbons (Fsp3) is 0.436. The Labute approximate surface area is 318 Å². The second-order valence-electron chi connectivity index (χ2n) is 15.0. The second-order valence-corrected chi connectivity index (χ2v) is 15.4. The summed E-state index contributed by atoms with van der Waals surface area (Å²) < 4.78 is 44.3. The number of pyridine rings is 1. The molecule has 2 saturated heterocycles. The number of anilines is 1. The Balaban J connectivity index is 0.868. The second kappa shape index (κ2) is 14.6. The van der Waals surface area contributed by atoms with Crippen LogP contribution in [0.25, 0.3) is 21.9 Å². The van der Waals surface area contributed by atoms with Crippen LogP contribution in [0, 0.1) is 5.92 Å². The van der Waals surface area contributed by atoms with Gasteiger partial charge < -0.3 is 10.2 Å². The number of fused-ring (bicyclic) bond motifs is 2. The predicted octanol–water partition coefficient (Wildman–Crippen LogP) is 6.60. The van der Waals surface area contributed by atoms with Gasteiger partial charge in [0, 0.05) is 42.3 Å². The number of hydrogen-bond acceptors (Lipinski definition) is 7. The molecule has 2 aliphatic heterocycles. The molecule has 0 spiro atoms. The zero-order chi connectivity index (χ0) is 38.6. The number of carbonyl (C=O) groups excluding carboxylic acids is 3. The van der Waals surface area contributed by atoms with Gasteiger partial charge in [-0.1, -0.05) is 17.7 Å². The summed E-state index contributed by atoms with van der Waals surface area (Å²) in [5.41, 5.74) is 1.82. The van der Waals surface area contributed by atoms with E-state index in [1.165, 1.54) is 10.6 Å². The van der Waals surface area contributed by atoms with Gasteiger partial charge in [0.15, 0.2) is 0 Å². The number of rotatable bonds is 7. The summed E-state index contributed by atoms with van der Waals surface area (Å²) in [5.74, 6) is -0.799. The minimum Gasteiger partial charge on any atom is -0.321 e. The lowest BCUT2D eigenvalue weighted by Crippen LogP contribution is -2.44. The van der Waals surface area contributed by atoms with Crippen LogP contribution < -0.4 is 16.3 Å². The Hall–Kier alpha value is -5.02. The molecule has 1 saturated carbocycles. The van der Waals surface area contributed by atoms with Crippen molar-refractivity contribution >= 4 is 56.9 Å². The van der Waals surface area contributed by atoms with Crippen LogP contribution in [0.3, 0.4) is 0 Å². The maximum atomic E-state index is 13.5. The molecule has 0 radical (unpaired) electrons. The predicted molar refractivity (Wildman–Crippen MR) is 200 cm³/mol. The van der Waals surface area contributed by atoms with Crippen molar-refractivity contribution in [2.24, 2.45) is 13.0 Å². The molecule has 0 bridgehead atoms. The number of imide groups is 1. The SMILES string of the molecule is Cn1c(=O)n(C2CCC(=O)NC2=O)c2ccc(Cl)c(C3CCN(C[C@H]4CC[C@H](n5cc6cc(NC(=O)c7cccc(C(F)(F)F)n7)ccc6n5)CC4)CC3)c21. The van der Waals surface area contributed by atoms with E-state index >= 15 is 0 Å². The van der Waals surface area contributed by atoms with Gasteiger partial charge in [-0.2, -0.15) is 18.3 Å². The highest BCUT2D eigenvalue weighted by Gasteiger charge is 2.35. The van der Waals surface area contributed by atoms with E-state index in [1.807, 2.05) is 16.9 Å². The number of alkyl halides is 3. The molecule has 12 nitrogen and oxygen atoms in total. The van der Waals surface area contributed by atoms with E-state index < -0.39 is 29.7 Å². The minimum atomic E-state index is -4.64. The van der Waals surface area contributed by atoms with Crippen molar-refractivity contribution in [2.75, 3.05) is 25.0 Å². The molecule has 1 unspecified atom stereocenters. The molecule has 5 aromatic rings. The highest BCUT2D eigenvalue weighted by molar-refractivity contribution is 6.32. The maximum Gasteiger partial charge on any atom is 0.433 e. The smallest absolute Gasteiger partial charge is 0.321 e. The summed E-state index contributed by atoms with van der Waals surface area (Å²) in [4.78, 5) is 56.7. The fourth-order valence-corrected chi connectivity index (χ4v) is 8.99. The molecule has 1 aliphatic carbocycles. The largest absolute Gasteiger partial charge is 0.433 e. The number of benzene rings is 2. The Morgan fingerprint density at radius 2 is 1.75 bits per heavy atom. The van der Waals surface area contributed by atoms with E-state index in [9.17, 15) is 32.3 Å². The number of nitrogens with one attached hydrogen (secondary N) is 2. The van der Waals surface area contributed by atoms with Crippen LogP contribution >= 0.6 is 11.6 Å².